The number of anilines is 1. The molecule has 0 atom stereocenters. The third-order valence-electron chi connectivity index (χ3n) is 2.39. The Balaban J connectivity index is 0.00000112. The number of aryl methyl sites for hydroxylation is 1. The SMILES string of the molecule is Cc1ccc(-c2ccccc2)cc1N.[V]. The van der Waals surface area contributed by atoms with Crippen molar-refractivity contribution in [2.45, 2.75) is 6.92 Å². The van der Waals surface area contributed by atoms with Crippen LogP contribution in [-0.4, -0.2) is 0 Å². The van der Waals surface area contributed by atoms with E-state index in [1.54, 1.807) is 0 Å². The van der Waals surface area contributed by atoms with Gasteiger partial charge in [0.15, 0.2) is 0 Å². The van der Waals surface area contributed by atoms with Crippen molar-refractivity contribution in [2.75, 3.05) is 5.73 Å². The van der Waals surface area contributed by atoms with Crippen LogP contribution in [0.15, 0.2) is 48.5 Å². The molecule has 15 heavy (non-hydrogen) atoms. The fraction of sp³-hybridized carbons (Fsp3) is 0.0769. The number of benzene rings is 2. The Morgan fingerprint density at radius 1 is 0.867 bits per heavy atom. The smallest absolute Gasteiger partial charge is 0.0349 e. The van der Waals surface area contributed by atoms with Gasteiger partial charge in [0.25, 0.3) is 0 Å². The first kappa shape index (κ1) is 11.9. The van der Waals surface area contributed by atoms with E-state index >= 15 is 0 Å². The zero-order valence-electron chi connectivity index (χ0n) is 8.64. The first-order valence-corrected chi connectivity index (χ1v) is 4.69. The van der Waals surface area contributed by atoms with E-state index in [9.17, 15) is 0 Å². The summed E-state index contributed by atoms with van der Waals surface area (Å²) in [7, 11) is 0. The molecule has 0 saturated carbocycles. The third kappa shape index (κ3) is 2.65. The first-order chi connectivity index (χ1) is 6.77. The van der Waals surface area contributed by atoms with Crippen LogP contribution in [0.3, 0.4) is 0 Å². The Hall–Kier alpha value is -1.18. The average molecular weight is 234 g/mol. The van der Waals surface area contributed by atoms with Gasteiger partial charge < -0.3 is 5.73 Å². The van der Waals surface area contributed by atoms with Crippen LogP contribution in [-0.2, 0) is 18.6 Å². The summed E-state index contributed by atoms with van der Waals surface area (Å²) in [6.45, 7) is 2.02. The molecule has 0 unspecified atom stereocenters. The van der Waals surface area contributed by atoms with Crippen LogP contribution in [0.25, 0.3) is 11.1 Å². The molecule has 1 radical (unpaired) electrons. The molecule has 0 bridgehead atoms. The molecule has 2 N–H and O–H groups in total. The molecular weight excluding hydrogens is 221 g/mol. The van der Waals surface area contributed by atoms with E-state index < -0.39 is 0 Å². The van der Waals surface area contributed by atoms with Crippen LogP contribution in [0, 0.1) is 6.92 Å². The van der Waals surface area contributed by atoms with E-state index in [4.69, 9.17) is 5.73 Å². The number of nitrogen functional groups attached to an aromatic ring is 1. The summed E-state index contributed by atoms with van der Waals surface area (Å²) in [6, 6.07) is 16.4. The minimum absolute atomic E-state index is 0. The summed E-state index contributed by atoms with van der Waals surface area (Å²) in [6.07, 6.45) is 0. The van der Waals surface area contributed by atoms with E-state index in [1.165, 1.54) is 11.1 Å². The number of nitrogens with two attached hydrogens (primary N) is 1. The molecule has 2 rings (SSSR count). The third-order valence-corrected chi connectivity index (χ3v) is 2.39. The van der Waals surface area contributed by atoms with Gasteiger partial charge in [0.2, 0.25) is 0 Å². The molecule has 0 heterocycles. The second kappa shape index (κ2) is 5.06. The van der Waals surface area contributed by atoms with Gasteiger partial charge >= 0.3 is 0 Å². The predicted molar refractivity (Wildman–Crippen MR) is 61.0 cm³/mol. The second-order valence-electron chi connectivity index (χ2n) is 3.44. The number of hydrogen-bond acceptors (Lipinski definition) is 1. The molecule has 2 aromatic rings. The van der Waals surface area contributed by atoms with Gasteiger partial charge in [0.1, 0.15) is 0 Å². The fourth-order valence-corrected chi connectivity index (χ4v) is 1.45. The van der Waals surface area contributed by atoms with Crippen molar-refractivity contribution in [3.05, 3.63) is 54.1 Å². The molecule has 1 nitrogen and oxygen atoms in total. The van der Waals surface area contributed by atoms with E-state index in [0.29, 0.717) is 0 Å². The Labute approximate surface area is 102 Å². The van der Waals surface area contributed by atoms with Crippen molar-refractivity contribution in [1.29, 1.82) is 0 Å². The van der Waals surface area contributed by atoms with Crippen LogP contribution in [0.5, 0.6) is 0 Å². The largest absolute Gasteiger partial charge is 0.398 e. The van der Waals surface area contributed by atoms with Crippen molar-refractivity contribution in [3.8, 4) is 11.1 Å². The Kier molecular flexibility index (Phi) is 4.01. The van der Waals surface area contributed by atoms with Crippen LogP contribution in [0.2, 0.25) is 0 Å². The van der Waals surface area contributed by atoms with Crippen LogP contribution >= 0.6 is 0 Å². The minimum atomic E-state index is 0. The van der Waals surface area contributed by atoms with Gasteiger partial charge in [-0.25, -0.2) is 0 Å². The van der Waals surface area contributed by atoms with E-state index in [2.05, 4.69) is 24.3 Å². The molecule has 0 aliphatic rings. The summed E-state index contributed by atoms with van der Waals surface area (Å²) in [5.41, 5.74) is 10.2. The van der Waals surface area contributed by atoms with Crippen molar-refractivity contribution < 1.29 is 18.6 Å². The van der Waals surface area contributed by atoms with Gasteiger partial charge in [-0.05, 0) is 29.7 Å². The summed E-state index contributed by atoms with van der Waals surface area (Å²) in [5.74, 6) is 0. The topological polar surface area (TPSA) is 26.0 Å². The van der Waals surface area contributed by atoms with Crippen LogP contribution < -0.4 is 5.73 Å². The first-order valence-electron chi connectivity index (χ1n) is 4.69. The minimum Gasteiger partial charge on any atom is -0.398 e. The van der Waals surface area contributed by atoms with E-state index in [-0.39, 0.29) is 18.6 Å². The van der Waals surface area contributed by atoms with Gasteiger partial charge in [-0.15, -0.1) is 0 Å². The molecule has 0 aromatic heterocycles. The Morgan fingerprint density at radius 2 is 1.53 bits per heavy atom. The van der Waals surface area contributed by atoms with E-state index in [0.717, 1.165) is 11.3 Å². The van der Waals surface area contributed by atoms with Gasteiger partial charge in [0, 0.05) is 24.2 Å². The fourth-order valence-electron chi connectivity index (χ4n) is 1.45. The van der Waals surface area contributed by atoms with Crippen LogP contribution in [0.4, 0.5) is 5.69 Å². The Bertz CT molecular complexity index is 438. The Morgan fingerprint density at radius 3 is 2.13 bits per heavy atom. The standard InChI is InChI=1S/C13H13N.V/c1-10-7-8-12(9-13(10)14)11-5-3-2-4-6-11;/h2-9H,14H2,1H3;. The maximum absolute atomic E-state index is 5.86. The molecule has 2 aromatic carbocycles. The summed E-state index contributed by atoms with van der Waals surface area (Å²) < 4.78 is 0. The quantitative estimate of drug-likeness (QED) is 0.753. The van der Waals surface area contributed by atoms with Gasteiger partial charge in [-0.3, -0.25) is 0 Å². The summed E-state index contributed by atoms with van der Waals surface area (Å²) in [4.78, 5) is 0. The van der Waals surface area contributed by atoms with Gasteiger partial charge in [0.05, 0.1) is 0 Å². The average Bonchev–Trinajstić information content (AvgIpc) is 2.23. The number of rotatable bonds is 1. The maximum Gasteiger partial charge on any atom is 0.0349 e. The van der Waals surface area contributed by atoms with E-state index in [1.807, 2.05) is 31.2 Å². The van der Waals surface area contributed by atoms with Gasteiger partial charge in [-0.1, -0.05) is 42.5 Å². The summed E-state index contributed by atoms with van der Waals surface area (Å²) in [5, 5.41) is 0. The molecule has 75 valence electrons. The van der Waals surface area contributed by atoms with Crippen molar-refractivity contribution in [3.63, 3.8) is 0 Å². The van der Waals surface area contributed by atoms with Crippen molar-refractivity contribution >= 4 is 5.69 Å². The predicted octanol–water partition coefficient (Wildman–Crippen LogP) is 3.24. The van der Waals surface area contributed by atoms with Crippen molar-refractivity contribution in [2.24, 2.45) is 0 Å². The molecule has 0 saturated heterocycles. The summed E-state index contributed by atoms with van der Waals surface area (Å²) >= 11 is 0. The molecule has 2 heteroatoms. The maximum atomic E-state index is 5.86. The molecule has 0 amide bonds. The molecule has 0 aliphatic heterocycles. The molecule has 0 aliphatic carbocycles. The number of hydrogen-bond donors (Lipinski definition) is 1. The second-order valence-corrected chi connectivity index (χ2v) is 3.44. The monoisotopic (exact) mass is 234 g/mol. The molecular formula is C13H13NV. The van der Waals surface area contributed by atoms with Crippen molar-refractivity contribution in [1.82, 2.24) is 0 Å². The van der Waals surface area contributed by atoms with Gasteiger partial charge in [-0.2, -0.15) is 0 Å². The zero-order valence-corrected chi connectivity index (χ0v) is 10.0. The zero-order chi connectivity index (χ0) is 9.97. The normalized spacial score (nSPS) is 9.40. The molecule has 0 fully saturated rings. The van der Waals surface area contributed by atoms with Crippen LogP contribution in [0.1, 0.15) is 5.56 Å². The molecule has 0 spiro atoms.